The number of nitrogens with one attached hydrogen (secondary N) is 1. The lowest BCUT2D eigenvalue weighted by Crippen LogP contribution is -2.26. The molecule has 0 atom stereocenters. The third-order valence-corrected chi connectivity index (χ3v) is 5.46. The predicted octanol–water partition coefficient (Wildman–Crippen LogP) is 5.20. The van der Waals surface area contributed by atoms with Crippen molar-refractivity contribution in [3.05, 3.63) is 89.5 Å². The van der Waals surface area contributed by atoms with E-state index in [4.69, 9.17) is 14.5 Å². The largest absolute Gasteiger partial charge is 0.493 e. The number of rotatable bonds is 7. The summed E-state index contributed by atoms with van der Waals surface area (Å²) in [5.41, 5.74) is 5.44. The Morgan fingerprint density at radius 2 is 1.66 bits per heavy atom. The number of ether oxygens (including phenoxy) is 2. The highest BCUT2D eigenvalue weighted by Crippen LogP contribution is 2.28. The van der Waals surface area contributed by atoms with Gasteiger partial charge in [0, 0.05) is 17.5 Å². The van der Waals surface area contributed by atoms with E-state index >= 15 is 0 Å². The van der Waals surface area contributed by atoms with E-state index in [1.165, 1.54) is 5.56 Å². The van der Waals surface area contributed by atoms with Crippen molar-refractivity contribution in [3.8, 4) is 22.8 Å². The molecule has 0 spiro atoms. The zero-order valence-corrected chi connectivity index (χ0v) is 18.5. The third kappa shape index (κ3) is 4.57. The van der Waals surface area contributed by atoms with Gasteiger partial charge in [-0.15, -0.1) is 0 Å². The second kappa shape index (κ2) is 9.52. The Kier molecular flexibility index (Phi) is 6.36. The zero-order valence-electron chi connectivity index (χ0n) is 18.5. The monoisotopic (exact) mass is 426 g/mol. The van der Waals surface area contributed by atoms with E-state index in [0.29, 0.717) is 30.0 Å². The summed E-state index contributed by atoms with van der Waals surface area (Å²) in [6.07, 6.45) is 0.680. The Bertz CT molecular complexity index is 1250. The number of benzene rings is 3. The molecule has 1 aromatic heterocycles. The van der Waals surface area contributed by atoms with Gasteiger partial charge in [-0.25, -0.2) is 4.98 Å². The van der Waals surface area contributed by atoms with Gasteiger partial charge in [-0.3, -0.25) is 4.79 Å². The zero-order chi connectivity index (χ0) is 22.5. The number of nitrogens with zero attached hydrogens (tertiary/aromatic N) is 1. The van der Waals surface area contributed by atoms with E-state index < -0.39 is 0 Å². The first kappa shape index (κ1) is 21.4. The summed E-state index contributed by atoms with van der Waals surface area (Å²) in [4.78, 5) is 17.9. The van der Waals surface area contributed by atoms with Gasteiger partial charge in [-0.05, 0) is 43.2 Å². The molecular formula is C27H26N2O3. The van der Waals surface area contributed by atoms with Gasteiger partial charge in [-0.1, -0.05) is 54.1 Å². The fourth-order valence-corrected chi connectivity index (χ4v) is 3.69. The first-order valence-corrected chi connectivity index (χ1v) is 10.5. The molecule has 4 rings (SSSR count). The summed E-state index contributed by atoms with van der Waals surface area (Å²) in [5, 5.41) is 3.89. The van der Waals surface area contributed by atoms with Crippen LogP contribution in [0.1, 0.15) is 21.5 Å². The Balaban J connectivity index is 1.56. The molecule has 32 heavy (non-hydrogen) atoms. The van der Waals surface area contributed by atoms with Crippen LogP contribution in [0.5, 0.6) is 11.5 Å². The molecule has 0 bridgehead atoms. The Hall–Kier alpha value is -3.86. The first-order chi connectivity index (χ1) is 15.6. The quantitative estimate of drug-likeness (QED) is 0.441. The van der Waals surface area contributed by atoms with Crippen LogP contribution in [0.2, 0.25) is 0 Å². The minimum Gasteiger partial charge on any atom is -0.493 e. The van der Waals surface area contributed by atoms with Crippen molar-refractivity contribution >= 4 is 16.8 Å². The standard InChI is InChI=1S/C27H26N2O3/c1-18-8-11-20(12-9-18)24-17-22(21-6-4-5-7-23(21)29-24)27(30)28-15-14-19-10-13-25(31-2)26(16-19)32-3/h4-13,16-17H,14-15H2,1-3H3,(H,28,30). The SMILES string of the molecule is COc1ccc(CCNC(=O)c2cc(-c3ccc(C)cc3)nc3ccccc23)cc1OC. The number of pyridine rings is 1. The molecule has 1 amide bonds. The maximum Gasteiger partial charge on any atom is 0.252 e. The average Bonchev–Trinajstić information content (AvgIpc) is 2.83. The van der Waals surface area contributed by atoms with Gasteiger partial charge < -0.3 is 14.8 Å². The van der Waals surface area contributed by atoms with E-state index in [1.807, 2.05) is 60.7 Å². The lowest BCUT2D eigenvalue weighted by Gasteiger charge is -2.12. The number of aryl methyl sites for hydroxylation is 1. The fourth-order valence-electron chi connectivity index (χ4n) is 3.69. The first-order valence-electron chi connectivity index (χ1n) is 10.5. The number of hydrogen-bond donors (Lipinski definition) is 1. The minimum atomic E-state index is -0.113. The van der Waals surface area contributed by atoms with Crippen LogP contribution in [0.4, 0.5) is 0 Å². The summed E-state index contributed by atoms with van der Waals surface area (Å²) < 4.78 is 10.7. The van der Waals surface area contributed by atoms with Crippen LogP contribution in [-0.4, -0.2) is 31.7 Å². The molecule has 0 aliphatic carbocycles. The highest BCUT2D eigenvalue weighted by Gasteiger charge is 2.14. The minimum absolute atomic E-state index is 0.113. The maximum absolute atomic E-state index is 13.1. The Morgan fingerprint density at radius 1 is 0.906 bits per heavy atom. The Morgan fingerprint density at radius 3 is 2.41 bits per heavy atom. The highest BCUT2D eigenvalue weighted by molar-refractivity contribution is 6.07. The molecule has 0 unspecified atom stereocenters. The number of para-hydroxylation sites is 1. The van der Waals surface area contributed by atoms with Crippen molar-refractivity contribution in [1.29, 1.82) is 0 Å². The number of carbonyl (C=O) groups excluding carboxylic acids is 1. The molecule has 3 aromatic carbocycles. The maximum atomic E-state index is 13.1. The Labute approximate surface area is 188 Å². The average molecular weight is 427 g/mol. The van der Waals surface area contributed by atoms with E-state index in [9.17, 15) is 4.79 Å². The normalized spacial score (nSPS) is 10.7. The topological polar surface area (TPSA) is 60.5 Å². The molecule has 4 aromatic rings. The van der Waals surface area contributed by atoms with Crippen LogP contribution in [0.3, 0.4) is 0 Å². The molecule has 1 N–H and O–H groups in total. The van der Waals surface area contributed by atoms with E-state index in [2.05, 4.69) is 24.4 Å². The van der Waals surface area contributed by atoms with E-state index in [0.717, 1.165) is 27.7 Å². The number of hydrogen-bond acceptors (Lipinski definition) is 4. The third-order valence-electron chi connectivity index (χ3n) is 5.46. The number of fused-ring (bicyclic) bond motifs is 1. The lowest BCUT2D eigenvalue weighted by atomic mass is 10.0. The van der Waals surface area contributed by atoms with Gasteiger partial charge in [0.25, 0.3) is 5.91 Å². The lowest BCUT2D eigenvalue weighted by molar-refractivity contribution is 0.0955. The van der Waals surface area contributed by atoms with Crippen molar-refractivity contribution in [2.24, 2.45) is 0 Å². The molecule has 0 fully saturated rings. The van der Waals surface area contributed by atoms with Crippen molar-refractivity contribution in [3.63, 3.8) is 0 Å². The second-order valence-corrected chi connectivity index (χ2v) is 7.63. The predicted molar refractivity (Wildman–Crippen MR) is 127 cm³/mol. The molecule has 0 saturated carbocycles. The van der Waals surface area contributed by atoms with Crippen molar-refractivity contribution in [2.45, 2.75) is 13.3 Å². The summed E-state index contributed by atoms with van der Waals surface area (Å²) >= 11 is 0. The molecule has 1 heterocycles. The molecule has 5 nitrogen and oxygen atoms in total. The van der Waals surface area contributed by atoms with Crippen LogP contribution in [0.25, 0.3) is 22.2 Å². The number of aromatic nitrogens is 1. The fraction of sp³-hybridized carbons (Fsp3) is 0.185. The molecule has 0 aliphatic heterocycles. The van der Waals surface area contributed by atoms with Gasteiger partial charge >= 0.3 is 0 Å². The van der Waals surface area contributed by atoms with Gasteiger partial charge in [0.05, 0.1) is 31.0 Å². The summed E-state index contributed by atoms with van der Waals surface area (Å²) in [6.45, 7) is 2.56. The molecule has 162 valence electrons. The number of methoxy groups -OCH3 is 2. The van der Waals surface area contributed by atoms with Gasteiger partial charge in [0.1, 0.15) is 0 Å². The van der Waals surface area contributed by atoms with Crippen LogP contribution < -0.4 is 14.8 Å². The number of carbonyl (C=O) groups is 1. The smallest absolute Gasteiger partial charge is 0.252 e. The molecule has 0 saturated heterocycles. The van der Waals surface area contributed by atoms with Crippen molar-refractivity contribution < 1.29 is 14.3 Å². The van der Waals surface area contributed by atoms with Crippen molar-refractivity contribution in [1.82, 2.24) is 10.3 Å². The van der Waals surface area contributed by atoms with Gasteiger partial charge in [0.2, 0.25) is 0 Å². The van der Waals surface area contributed by atoms with Crippen LogP contribution in [0, 0.1) is 6.92 Å². The summed E-state index contributed by atoms with van der Waals surface area (Å²) in [6, 6.07) is 23.6. The van der Waals surface area contributed by atoms with Crippen LogP contribution in [-0.2, 0) is 6.42 Å². The summed E-state index contributed by atoms with van der Waals surface area (Å²) in [7, 11) is 3.23. The van der Waals surface area contributed by atoms with E-state index in [-0.39, 0.29) is 5.91 Å². The van der Waals surface area contributed by atoms with Crippen molar-refractivity contribution in [2.75, 3.05) is 20.8 Å². The van der Waals surface area contributed by atoms with E-state index in [1.54, 1.807) is 14.2 Å². The second-order valence-electron chi connectivity index (χ2n) is 7.63. The summed E-state index contributed by atoms with van der Waals surface area (Å²) in [5.74, 6) is 1.25. The molecular weight excluding hydrogens is 400 g/mol. The van der Waals surface area contributed by atoms with Gasteiger partial charge in [-0.2, -0.15) is 0 Å². The molecule has 0 aliphatic rings. The van der Waals surface area contributed by atoms with Gasteiger partial charge in [0.15, 0.2) is 11.5 Å². The van der Waals surface area contributed by atoms with Crippen LogP contribution >= 0.6 is 0 Å². The molecule has 5 heteroatoms. The highest BCUT2D eigenvalue weighted by atomic mass is 16.5. The molecule has 0 radical (unpaired) electrons. The number of amides is 1. The van der Waals surface area contributed by atoms with Crippen LogP contribution in [0.15, 0.2) is 72.8 Å².